The van der Waals surface area contributed by atoms with Gasteiger partial charge in [0.1, 0.15) is 11.5 Å². The number of hydrogen-bond donors (Lipinski definition) is 0. The van der Waals surface area contributed by atoms with Crippen molar-refractivity contribution in [2.75, 3.05) is 0 Å². The van der Waals surface area contributed by atoms with Crippen LogP contribution in [0.1, 0.15) is 11.1 Å². The van der Waals surface area contributed by atoms with Crippen molar-refractivity contribution in [1.82, 2.24) is 0 Å². The molecule has 0 aliphatic heterocycles. The van der Waals surface area contributed by atoms with E-state index in [1.54, 1.807) is 48.5 Å². The molecule has 0 aliphatic rings. The fourth-order valence-corrected chi connectivity index (χ4v) is 2.27. The van der Waals surface area contributed by atoms with Gasteiger partial charge in [0.2, 0.25) is 0 Å². The molecule has 2 aromatic rings. The maximum atomic E-state index is 11.7. The molecule has 0 saturated heterocycles. The standard InChI is InChI=1S/C14H15O4P.ClH.Mg/c1-11-3-7-13(8-4-11)17-19(15,16)18-14-9-5-12(2)6-10-14;;/h3-10H,1-2H3,(H,15,16);1H;/q;;+2/p-2. The van der Waals surface area contributed by atoms with Crippen molar-refractivity contribution in [2.24, 2.45) is 0 Å². The molecule has 0 saturated carbocycles. The van der Waals surface area contributed by atoms with Crippen LogP contribution in [0.15, 0.2) is 48.5 Å². The van der Waals surface area contributed by atoms with E-state index in [9.17, 15) is 9.46 Å². The van der Waals surface area contributed by atoms with E-state index in [1.807, 2.05) is 13.8 Å². The number of benzene rings is 2. The first-order chi connectivity index (χ1) is 8.94. The molecule has 0 amide bonds. The predicted molar refractivity (Wildman–Crippen MR) is 77.0 cm³/mol. The fraction of sp³-hybridized carbons (Fsp3) is 0.143. The first kappa shape index (κ1) is 20.3. The van der Waals surface area contributed by atoms with E-state index in [4.69, 9.17) is 9.05 Å². The summed E-state index contributed by atoms with van der Waals surface area (Å²) in [5, 5.41) is 0. The minimum atomic E-state index is -4.42. The number of halogens is 1. The van der Waals surface area contributed by atoms with Crippen LogP contribution in [0.4, 0.5) is 0 Å². The second kappa shape index (κ2) is 8.66. The number of aryl methyl sites for hydroxylation is 2. The Morgan fingerprint density at radius 2 is 1.10 bits per heavy atom. The Labute approximate surface area is 146 Å². The Kier molecular flexibility index (Phi) is 8.37. The maximum absolute atomic E-state index is 11.7. The molecule has 2 aromatic carbocycles. The SMILES string of the molecule is Cc1ccc(OP(=O)([O-])Oc2ccc(C)cc2)cc1.[Cl-].[Mg+2]. The molecular formula is C14H14ClMgO4P. The summed E-state index contributed by atoms with van der Waals surface area (Å²) in [5.74, 6) is 0.465. The maximum Gasteiger partial charge on any atom is 2.00 e. The topological polar surface area (TPSA) is 58.6 Å². The fourth-order valence-electron chi connectivity index (χ4n) is 1.48. The van der Waals surface area contributed by atoms with Crippen LogP contribution in [0.5, 0.6) is 11.5 Å². The van der Waals surface area contributed by atoms with Crippen LogP contribution < -0.4 is 26.3 Å². The minimum Gasteiger partial charge on any atom is -1.00 e. The third-order valence-electron chi connectivity index (χ3n) is 2.48. The summed E-state index contributed by atoms with van der Waals surface area (Å²) in [7, 11) is -4.42. The van der Waals surface area contributed by atoms with Crippen molar-refractivity contribution >= 4 is 30.9 Å². The molecule has 2 rings (SSSR count). The molecular weight excluding hydrogens is 323 g/mol. The summed E-state index contributed by atoms with van der Waals surface area (Å²) in [4.78, 5) is 11.7. The predicted octanol–water partition coefficient (Wildman–Crippen LogP) is -0.147. The summed E-state index contributed by atoms with van der Waals surface area (Å²) in [6.07, 6.45) is 0. The quantitative estimate of drug-likeness (QED) is 0.575. The van der Waals surface area contributed by atoms with Crippen LogP contribution >= 0.6 is 7.82 Å². The van der Waals surface area contributed by atoms with Gasteiger partial charge < -0.3 is 26.3 Å². The average molecular weight is 337 g/mol. The molecule has 4 nitrogen and oxygen atoms in total. The molecule has 21 heavy (non-hydrogen) atoms. The van der Waals surface area contributed by atoms with Gasteiger partial charge in [0.05, 0.1) is 0 Å². The summed E-state index contributed by atoms with van der Waals surface area (Å²) < 4.78 is 21.5. The van der Waals surface area contributed by atoms with Crippen molar-refractivity contribution < 1.29 is 30.9 Å². The van der Waals surface area contributed by atoms with Gasteiger partial charge in [-0.25, -0.2) is 4.57 Å². The Balaban J connectivity index is 0.00000200. The first-order valence-electron chi connectivity index (χ1n) is 5.78. The van der Waals surface area contributed by atoms with Gasteiger partial charge in [0.15, 0.2) is 0 Å². The van der Waals surface area contributed by atoms with Gasteiger partial charge in [0.25, 0.3) is 0 Å². The van der Waals surface area contributed by atoms with Gasteiger partial charge in [-0.3, -0.25) is 0 Å². The van der Waals surface area contributed by atoms with Crippen molar-refractivity contribution in [3.63, 3.8) is 0 Å². The summed E-state index contributed by atoms with van der Waals surface area (Å²) >= 11 is 0. The van der Waals surface area contributed by atoms with E-state index in [-0.39, 0.29) is 47.0 Å². The largest absolute Gasteiger partial charge is 2.00 e. The normalized spacial score (nSPS) is 10.0. The third-order valence-corrected chi connectivity index (χ3v) is 3.35. The molecule has 0 spiro atoms. The van der Waals surface area contributed by atoms with Crippen LogP contribution in [0, 0.1) is 13.8 Å². The van der Waals surface area contributed by atoms with E-state index in [0.29, 0.717) is 0 Å². The van der Waals surface area contributed by atoms with Gasteiger partial charge in [-0.15, -0.1) is 0 Å². The molecule has 0 aromatic heterocycles. The van der Waals surface area contributed by atoms with Gasteiger partial charge in [-0.05, 0) is 38.1 Å². The Hall–Kier alpha value is -0.714. The molecule has 0 unspecified atom stereocenters. The van der Waals surface area contributed by atoms with E-state index >= 15 is 0 Å². The molecule has 0 heterocycles. The van der Waals surface area contributed by atoms with Crippen molar-refractivity contribution in [3.05, 3.63) is 59.7 Å². The zero-order chi connectivity index (χ0) is 13.9. The zero-order valence-corrected chi connectivity index (χ0v) is 14.8. The van der Waals surface area contributed by atoms with E-state index in [1.165, 1.54) is 0 Å². The number of rotatable bonds is 4. The molecule has 0 radical (unpaired) electrons. The van der Waals surface area contributed by atoms with Crippen molar-refractivity contribution in [3.8, 4) is 11.5 Å². The average Bonchev–Trinajstić information content (AvgIpc) is 2.34. The van der Waals surface area contributed by atoms with Crippen LogP contribution in [-0.2, 0) is 4.57 Å². The van der Waals surface area contributed by atoms with Crippen molar-refractivity contribution in [1.29, 1.82) is 0 Å². The second-order valence-corrected chi connectivity index (χ2v) is 5.52. The second-order valence-electron chi connectivity index (χ2n) is 4.26. The smallest absolute Gasteiger partial charge is 1.00 e. The molecule has 0 bridgehead atoms. The van der Waals surface area contributed by atoms with Crippen LogP contribution in [0.3, 0.4) is 0 Å². The Morgan fingerprint density at radius 3 is 1.38 bits per heavy atom. The van der Waals surface area contributed by atoms with Crippen LogP contribution in [0.2, 0.25) is 0 Å². The Bertz CT molecular complexity index is 550. The first-order valence-corrected chi connectivity index (χ1v) is 7.24. The molecule has 0 N–H and O–H groups in total. The number of phosphoric ester groups is 1. The summed E-state index contributed by atoms with van der Waals surface area (Å²) in [6, 6.07) is 13.4. The van der Waals surface area contributed by atoms with Gasteiger partial charge in [-0.2, -0.15) is 0 Å². The molecule has 7 heteroatoms. The molecule has 108 valence electrons. The Morgan fingerprint density at radius 1 is 0.810 bits per heavy atom. The van der Waals surface area contributed by atoms with E-state index < -0.39 is 7.82 Å². The summed E-state index contributed by atoms with van der Waals surface area (Å²) in [5.41, 5.74) is 2.04. The zero-order valence-electron chi connectivity index (χ0n) is 11.8. The van der Waals surface area contributed by atoms with Crippen LogP contribution in [0.25, 0.3) is 0 Å². The third kappa shape index (κ3) is 6.72. The van der Waals surface area contributed by atoms with Gasteiger partial charge in [-0.1, -0.05) is 35.4 Å². The monoisotopic (exact) mass is 336 g/mol. The number of phosphoric acid groups is 1. The molecule has 0 fully saturated rings. The minimum absolute atomic E-state index is 0. The van der Waals surface area contributed by atoms with E-state index in [2.05, 4.69) is 0 Å². The summed E-state index contributed by atoms with van der Waals surface area (Å²) in [6.45, 7) is 3.81. The molecule has 0 aliphatic carbocycles. The van der Waals surface area contributed by atoms with E-state index in [0.717, 1.165) is 11.1 Å². The van der Waals surface area contributed by atoms with Crippen LogP contribution in [-0.4, -0.2) is 23.1 Å². The van der Waals surface area contributed by atoms with Crippen molar-refractivity contribution in [2.45, 2.75) is 13.8 Å². The molecule has 0 atom stereocenters. The number of hydrogen-bond acceptors (Lipinski definition) is 4. The van der Waals surface area contributed by atoms with Gasteiger partial charge >= 0.3 is 30.9 Å². The van der Waals surface area contributed by atoms with Gasteiger partial charge in [0, 0.05) is 0 Å².